The van der Waals surface area contributed by atoms with Gasteiger partial charge in [0.2, 0.25) is 0 Å². The van der Waals surface area contributed by atoms with Gasteiger partial charge in [0.1, 0.15) is 0 Å². The molecule has 0 aromatic rings. The Hall–Kier alpha value is -2.24. The lowest BCUT2D eigenvalue weighted by Crippen LogP contribution is -2.06. The number of unbranched alkanes of at least 4 members (excludes halogenated alkanes) is 2. The SMILES string of the molecule is C=COCCCCOC(=O)C=CC(=O)OCCCCOC=C. The number of carbonyl (C=O) groups excluding carboxylic acids is 2. The third-order valence-electron chi connectivity index (χ3n) is 2.39. The molecule has 0 spiro atoms. The van der Waals surface area contributed by atoms with Crippen molar-refractivity contribution >= 4 is 11.9 Å². The van der Waals surface area contributed by atoms with Gasteiger partial charge >= 0.3 is 11.9 Å². The lowest BCUT2D eigenvalue weighted by Gasteiger charge is -2.03. The van der Waals surface area contributed by atoms with Crippen LogP contribution in [0, 0.1) is 0 Å². The lowest BCUT2D eigenvalue weighted by atomic mass is 10.3. The van der Waals surface area contributed by atoms with Crippen LogP contribution in [0.15, 0.2) is 37.8 Å². The van der Waals surface area contributed by atoms with E-state index in [1.807, 2.05) is 0 Å². The predicted molar refractivity (Wildman–Crippen MR) is 81.8 cm³/mol. The molecule has 0 bridgehead atoms. The minimum atomic E-state index is -0.569. The Bertz CT molecular complexity index is 328. The summed E-state index contributed by atoms with van der Waals surface area (Å²) in [6, 6.07) is 0. The van der Waals surface area contributed by atoms with Gasteiger partial charge in [0, 0.05) is 12.2 Å². The first-order chi connectivity index (χ1) is 10.7. The van der Waals surface area contributed by atoms with Gasteiger partial charge in [-0.1, -0.05) is 13.2 Å². The Morgan fingerprint density at radius 1 is 0.682 bits per heavy atom. The Morgan fingerprint density at radius 3 is 1.41 bits per heavy atom. The van der Waals surface area contributed by atoms with Crippen LogP contribution in [0.25, 0.3) is 0 Å². The van der Waals surface area contributed by atoms with Gasteiger partial charge < -0.3 is 18.9 Å². The average Bonchev–Trinajstić information content (AvgIpc) is 2.52. The van der Waals surface area contributed by atoms with Crippen molar-refractivity contribution in [2.75, 3.05) is 26.4 Å². The van der Waals surface area contributed by atoms with Crippen molar-refractivity contribution in [3.05, 3.63) is 37.8 Å². The zero-order valence-electron chi connectivity index (χ0n) is 12.8. The summed E-state index contributed by atoms with van der Waals surface area (Å²) in [5, 5.41) is 0. The molecule has 0 amide bonds. The van der Waals surface area contributed by atoms with E-state index in [2.05, 4.69) is 13.2 Å². The van der Waals surface area contributed by atoms with Gasteiger partial charge in [0.05, 0.1) is 39.0 Å². The molecule has 0 aliphatic heterocycles. The van der Waals surface area contributed by atoms with Gasteiger partial charge in [-0.25, -0.2) is 9.59 Å². The van der Waals surface area contributed by atoms with Crippen molar-refractivity contribution in [3.63, 3.8) is 0 Å². The molecule has 0 saturated carbocycles. The minimum absolute atomic E-state index is 0.280. The second-order valence-corrected chi connectivity index (χ2v) is 4.16. The molecule has 0 aromatic carbocycles. The van der Waals surface area contributed by atoms with Crippen LogP contribution in [-0.2, 0) is 28.5 Å². The molecule has 6 nitrogen and oxygen atoms in total. The third-order valence-corrected chi connectivity index (χ3v) is 2.39. The Labute approximate surface area is 131 Å². The summed E-state index contributed by atoms with van der Waals surface area (Å²) < 4.78 is 19.7. The van der Waals surface area contributed by atoms with Crippen molar-refractivity contribution in [1.82, 2.24) is 0 Å². The molecule has 22 heavy (non-hydrogen) atoms. The van der Waals surface area contributed by atoms with E-state index in [9.17, 15) is 9.59 Å². The maximum atomic E-state index is 11.3. The molecule has 0 radical (unpaired) electrons. The molecule has 0 heterocycles. The fourth-order valence-corrected chi connectivity index (χ4v) is 1.32. The van der Waals surface area contributed by atoms with Gasteiger partial charge in [-0.3, -0.25) is 0 Å². The summed E-state index contributed by atoms with van der Waals surface area (Å²) >= 11 is 0. The normalized spacial score (nSPS) is 10.0. The van der Waals surface area contributed by atoms with Gasteiger partial charge in [0.25, 0.3) is 0 Å². The zero-order chi connectivity index (χ0) is 16.5. The molecular formula is C16H24O6. The van der Waals surface area contributed by atoms with Crippen LogP contribution in [0.3, 0.4) is 0 Å². The summed E-state index contributed by atoms with van der Waals surface area (Å²) in [4.78, 5) is 22.6. The largest absolute Gasteiger partial charge is 0.502 e. The van der Waals surface area contributed by atoms with Crippen LogP contribution < -0.4 is 0 Å². The molecule has 0 rings (SSSR count). The third kappa shape index (κ3) is 14.2. The van der Waals surface area contributed by atoms with E-state index in [0.717, 1.165) is 25.0 Å². The van der Waals surface area contributed by atoms with Crippen LogP contribution in [0.5, 0.6) is 0 Å². The smallest absolute Gasteiger partial charge is 0.331 e. The van der Waals surface area contributed by atoms with Crippen LogP contribution >= 0.6 is 0 Å². The highest BCUT2D eigenvalue weighted by Gasteiger charge is 2.01. The number of esters is 2. The fourth-order valence-electron chi connectivity index (χ4n) is 1.32. The molecule has 0 saturated heterocycles. The number of carbonyl (C=O) groups is 2. The van der Waals surface area contributed by atoms with Crippen molar-refractivity contribution in [1.29, 1.82) is 0 Å². The maximum absolute atomic E-state index is 11.3. The van der Waals surface area contributed by atoms with E-state index in [1.165, 1.54) is 12.5 Å². The van der Waals surface area contributed by atoms with E-state index in [4.69, 9.17) is 18.9 Å². The highest BCUT2D eigenvalue weighted by molar-refractivity contribution is 5.91. The Kier molecular flexibility index (Phi) is 13.6. The Balaban J connectivity index is 3.54. The first-order valence-corrected chi connectivity index (χ1v) is 7.17. The van der Waals surface area contributed by atoms with Crippen LogP contribution in [0.4, 0.5) is 0 Å². The maximum Gasteiger partial charge on any atom is 0.331 e. The molecule has 124 valence electrons. The summed E-state index contributed by atoms with van der Waals surface area (Å²) in [6.07, 6.45) is 7.75. The predicted octanol–water partition coefficient (Wildman–Crippen LogP) is 2.51. The van der Waals surface area contributed by atoms with Gasteiger partial charge in [0.15, 0.2) is 0 Å². The standard InChI is InChI=1S/C16H24O6/c1-3-19-11-5-7-13-21-15(17)9-10-16(18)22-14-8-6-12-20-4-2/h3-4,9-10H,1-2,5-8,11-14H2. The van der Waals surface area contributed by atoms with E-state index in [0.29, 0.717) is 26.1 Å². The van der Waals surface area contributed by atoms with Crippen LogP contribution in [0.2, 0.25) is 0 Å². The van der Waals surface area contributed by atoms with Gasteiger partial charge in [-0.05, 0) is 25.7 Å². The number of ether oxygens (including phenoxy) is 4. The fraction of sp³-hybridized carbons (Fsp3) is 0.500. The molecular weight excluding hydrogens is 288 g/mol. The molecule has 0 aromatic heterocycles. The average molecular weight is 312 g/mol. The van der Waals surface area contributed by atoms with E-state index in [1.54, 1.807) is 0 Å². The first kappa shape index (κ1) is 19.8. The topological polar surface area (TPSA) is 71.1 Å². The monoisotopic (exact) mass is 312 g/mol. The first-order valence-electron chi connectivity index (χ1n) is 7.17. The summed E-state index contributed by atoms with van der Waals surface area (Å²) in [5.74, 6) is -1.14. The van der Waals surface area contributed by atoms with E-state index >= 15 is 0 Å². The zero-order valence-corrected chi connectivity index (χ0v) is 12.8. The highest BCUT2D eigenvalue weighted by atomic mass is 16.5. The second kappa shape index (κ2) is 15.2. The van der Waals surface area contributed by atoms with Crippen molar-refractivity contribution < 1.29 is 28.5 Å². The van der Waals surface area contributed by atoms with Crippen molar-refractivity contribution in [3.8, 4) is 0 Å². The lowest BCUT2D eigenvalue weighted by molar-refractivity contribution is -0.140. The minimum Gasteiger partial charge on any atom is -0.502 e. The second-order valence-electron chi connectivity index (χ2n) is 4.16. The summed E-state index contributed by atoms with van der Waals surface area (Å²) in [7, 11) is 0. The van der Waals surface area contributed by atoms with Crippen LogP contribution in [-0.4, -0.2) is 38.4 Å². The molecule has 0 atom stereocenters. The van der Waals surface area contributed by atoms with E-state index in [-0.39, 0.29) is 13.2 Å². The van der Waals surface area contributed by atoms with Gasteiger partial charge in [-0.15, -0.1) is 0 Å². The van der Waals surface area contributed by atoms with Crippen LogP contribution in [0.1, 0.15) is 25.7 Å². The van der Waals surface area contributed by atoms with Crippen molar-refractivity contribution in [2.45, 2.75) is 25.7 Å². The molecule has 0 N–H and O–H groups in total. The molecule has 0 aliphatic rings. The van der Waals surface area contributed by atoms with E-state index < -0.39 is 11.9 Å². The summed E-state index contributed by atoms with van der Waals surface area (Å²) in [5.41, 5.74) is 0. The quantitative estimate of drug-likeness (QED) is 0.212. The highest BCUT2D eigenvalue weighted by Crippen LogP contribution is 1.95. The summed E-state index contributed by atoms with van der Waals surface area (Å²) in [6.45, 7) is 8.48. The number of rotatable bonds is 14. The number of hydrogen-bond donors (Lipinski definition) is 0. The number of hydrogen-bond acceptors (Lipinski definition) is 6. The molecule has 6 heteroatoms. The molecule has 0 unspecified atom stereocenters. The Morgan fingerprint density at radius 2 is 1.05 bits per heavy atom. The van der Waals surface area contributed by atoms with Gasteiger partial charge in [-0.2, -0.15) is 0 Å². The molecule has 0 aliphatic carbocycles. The van der Waals surface area contributed by atoms with Crippen molar-refractivity contribution in [2.24, 2.45) is 0 Å². The molecule has 0 fully saturated rings.